The van der Waals surface area contributed by atoms with Gasteiger partial charge in [0, 0.05) is 33.1 Å². The van der Waals surface area contributed by atoms with E-state index in [1.54, 1.807) is 0 Å². The van der Waals surface area contributed by atoms with Crippen LogP contribution in [0, 0.1) is 6.92 Å². The summed E-state index contributed by atoms with van der Waals surface area (Å²) in [4.78, 5) is 13.9. The van der Waals surface area contributed by atoms with E-state index in [0.29, 0.717) is 11.9 Å². The molecule has 2 aromatic heterocycles. The summed E-state index contributed by atoms with van der Waals surface area (Å²) in [6, 6.07) is 8.81. The fraction of sp³-hybridized carbons (Fsp3) is 0.500. The van der Waals surface area contributed by atoms with Gasteiger partial charge in [-0.1, -0.05) is 17.3 Å². The second kappa shape index (κ2) is 6.57. The third-order valence-electron chi connectivity index (χ3n) is 5.08. The Labute approximate surface area is 147 Å². The summed E-state index contributed by atoms with van der Waals surface area (Å²) in [5, 5.41) is 4.00. The summed E-state index contributed by atoms with van der Waals surface area (Å²) in [5.41, 5.74) is 2.26. The SMILES string of the molecule is Cc1nc(CN(C)[C@H]2CCN(Cc3nc4ccccc4n3C)C2)no1. The number of fused-ring (bicyclic) bond motifs is 1. The Morgan fingerprint density at radius 1 is 1.28 bits per heavy atom. The molecule has 1 atom stereocenters. The van der Waals surface area contributed by atoms with Crippen LogP contribution in [0.1, 0.15) is 24.0 Å². The van der Waals surface area contributed by atoms with Crippen molar-refractivity contribution in [2.75, 3.05) is 20.1 Å². The fourth-order valence-corrected chi connectivity index (χ4v) is 3.61. The van der Waals surface area contributed by atoms with E-state index in [0.717, 1.165) is 49.8 Å². The van der Waals surface area contributed by atoms with Crippen molar-refractivity contribution in [1.29, 1.82) is 0 Å². The molecule has 0 saturated carbocycles. The predicted octanol–water partition coefficient (Wildman–Crippen LogP) is 1.97. The highest BCUT2D eigenvalue weighted by atomic mass is 16.5. The zero-order valence-corrected chi connectivity index (χ0v) is 15.0. The van der Waals surface area contributed by atoms with Crippen LogP contribution in [0.2, 0.25) is 0 Å². The number of para-hydroxylation sites is 2. The summed E-state index contributed by atoms with van der Waals surface area (Å²) in [6.07, 6.45) is 1.15. The van der Waals surface area contributed by atoms with Gasteiger partial charge in [-0.05, 0) is 25.6 Å². The molecule has 1 saturated heterocycles. The maximum Gasteiger partial charge on any atom is 0.223 e. The van der Waals surface area contributed by atoms with Gasteiger partial charge in [-0.2, -0.15) is 4.98 Å². The van der Waals surface area contributed by atoms with E-state index in [2.05, 4.69) is 56.8 Å². The lowest BCUT2D eigenvalue weighted by atomic mass is 10.2. The van der Waals surface area contributed by atoms with E-state index in [1.165, 1.54) is 5.52 Å². The molecule has 7 nitrogen and oxygen atoms in total. The van der Waals surface area contributed by atoms with Gasteiger partial charge in [0.1, 0.15) is 5.82 Å². The number of likely N-dealkylation sites (tertiary alicyclic amines) is 1. The van der Waals surface area contributed by atoms with Crippen LogP contribution in [0.5, 0.6) is 0 Å². The molecule has 0 spiro atoms. The highest BCUT2D eigenvalue weighted by molar-refractivity contribution is 5.75. The first-order valence-corrected chi connectivity index (χ1v) is 8.72. The number of hydrogen-bond acceptors (Lipinski definition) is 6. The van der Waals surface area contributed by atoms with Crippen LogP contribution in [0.3, 0.4) is 0 Å². The maximum absolute atomic E-state index is 5.06. The smallest absolute Gasteiger partial charge is 0.223 e. The first-order chi connectivity index (χ1) is 12.1. The molecule has 0 bridgehead atoms. The van der Waals surface area contributed by atoms with E-state index < -0.39 is 0 Å². The second-order valence-corrected chi connectivity index (χ2v) is 6.90. The number of aryl methyl sites for hydroxylation is 2. The average Bonchev–Trinajstić information content (AvgIpc) is 3.29. The monoisotopic (exact) mass is 340 g/mol. The molecule has 0 aliphatic carbocycles. The molecule has 1 aromatic carbocycles. The third kappa shape index (κ3) is 3.29. The standard InChI is InChI=1S/C18H24N6O/c1-13-19-17(21-25-13)11-22(2)14-8-9-24(10-14)12-18-20-15-6-4-5-7-16(15)23(18)3/h4-7,14H,8-12H2,1-3H3/t14-/m0/s1. The first kappa shape index (κ1) is 16.2. The van der Waals surface area contributed by atoms with E-state index in [-0.39, 0.29) is 0 Å². The van der Waals surface area contributed by atoms with Gasteiger partial charge < -0.3 is 9.09 Å². The lowest BCUT2D eigenvalue weighted by Crippen LogP contribution is -2.34. The molecular formula is C18H24N6O. The Balaban J connectivity index is 1.39. The minimum absolute atomic E-state index is 0.508. The molecule has 1 aliphatic heterocycles. The normalized spacial score (nSPS) is 18.6. The predicted molar refractivity (Wildman–Crippen MR) is 94.9 cm³/mol. The summed E-state index contributed by atoms with van der Waals surface area (Å²) >= 11 is 0. The molecule has 1 aliphatic rings. The zero-order valence-electron chi connectivity index (χ0n) is 15.0. The van der Waals surface area contributed by atoms with Gasteiger partial charge in [-0.3, -0.25) is 9.80 Å². The molecule has 1 fully saturated rings. The topological polar surface area (TPSA) is 63.2 Å². The van der Waals surface area contributed by atoms with Crippen molar-refractivity contribution in [3.8, 4) is 0 Å². The molecule has 0 N–H and O–H groups in total. The minimum atomic E-state index is 0.508. The zero-order chi connectivity index (χ0) is 17.4. The van der Waals surface area contributed by atoms with Gasteiger partial charge in [0.05, 0.1) is 24.1 Å². The summed E-state index contributed by atoms with van der Waals surface area (Å²) in [5.74, 6) is 2.50. The molecule has 3 aromatic rings. The Bertz CT molecular complexity index is 869. The van der Waals surface area contributed by atoms with Gasteiger partial charge in [0.15, 0.2) is 5.82 Å². The molecule has 25 heavy (non-hydrogen) atoms. The van der Waals surface area contributed by atoms with E-state index >= 15 is 0 Å². The number of hydrogen-bond donors (Lipinski definition) is 0. The molecule has 4 rings (SSSR count). The van der Waals surface area contributed by atoms with Crippen molar-refractivity contribution in [1.82, 2.24) is 29.5 Å². The van der Waals surface area contributed by atoms with Gasteiger partial charge in [-0.15, -0.1) is 0 Å². The molecule has 7 heteroatoms. The average molecular weight is 340 g/mol. The minimum Gasteiger partial charge on any atom is -0.340 e. The van der Waals surface area contributed by atoms with Crippen LogP contribution in [-0.4, -0.2) is 55.7 Å². The number of benzene rings is 1. The number of aromatic nitrogens is 4. The molecule has 0 unspecified atom stereocenters. The Morgan fingerprint density at radius 2 is 2.12 bits per heavy atom. The van der Waals surface area contributed by atoms with Crippen LogP contribution in [0.25, 0.3) is 11.0 Å². The summed E-state index contributed by atoms with van der Waals surface area (Å²) < 4.78 is 7.26. The largest absolute Gasteiger partial charge is 0.340 e. The van der Waals surface area contributed by atoms with Crippen molar-refractivity contribution in [2.24, 2.45) is 7.05 Å². The molecule has 0 radical (unpaired) electrons. The Morgan fingerprint density at radius 3 is 2.88 bits per heavy atom. The lowest BCUT2D eigenvalue weighted by molar-refractivity contribution is 0.214. The quantitative estimate of drug-likeness (QED) is 0.708. The van der Waals surface area contributed by atoms with Crippen LogP contribution in [0.4, 0.5) is 0 Å². The number of nitrogens with zero attached hydrogens (tertiary/aromatic N) is 6. The lowest BCUT2D eigenvalue weighted by Gasteiger charge is -2.23. The summed E-state index contributed by atoms with van der Waals surface area (Å²) in [6.45, 7) is 5.56. The first-order valence-electron chi connectivity index (χ1n) is 8.72. The molecule has 132 valence electrons. The van der Waals surface area contributed by atoms with Crippen LogP contribution in [0.15, 0.2) is 28.8 Å². The number of imidazole rings is 1. The maximum atomic E-state index is 5.06. The van der Waals surface area contributed by atoms with Crippen LogP contribution in [-0.2, 0) is 20.1 Å². The van der Waals surface area contributed by atoms with Gasteiger partial charge in [-0.25, -0.2) is 4.98 Å². The highest BCUT2D eigenvalue weighted by Gasteiger charge is 2.27. The van der Waals surface area contributed by atoms with Crippen LogP contribution < -0.4 is 0 Å². The van der Waals surface area contributed by atoms with E-state index in [1.807, 2.05) is 13.0 Å². The van der Waals surface area contributed by atoms with Crippen molar-refractivity contribution in [3.05, 3.63) is 41.8 Å². The number of rotatable bonds is 5. The van der Waals surface area contributed by atoms with Gasteiger partial charge in [0.2, 0.25) is 5.89 Å². The van der Waals surface area contributed by atoms with Crippen molar-refractivity contribution >= 4 is 11.0 Å². The summed E-state index contributed by atoms with van der Waals surface area (Å²) in [7, 11) is 4.23. The Hall–Kier alpha value is -2.25. The molecule has 3 heterocycles. The molecular weight excluding hydrogens is 316 g/mol. The van der Waals surface area contributed by atoms with Crippen molar-refractivity contribution in [2.45, 2.75) is 32.5 Å². The number of likely N-dealkylation sites (N-methyl/N-ethyl adjacent to an activating group) is 1. The second-order valence-electron chi connectivity index (χ2n) is 6.90. The highest BCUT2D eigenvalue weighted by Crippen LogP contribution is 2.20. The molecule has 0 amide bonds. The van der Waals surface area contributed by atoms with Crippen LogP contribution >= 0.6 is 0 Å². The third-order valence-corrected chi connectivity index (χ3v) is 5.08. The van der Waals surface area contributed by atoms with Gasteiger partial charge in [0.25, 0.3) is 0 Å². The van der Waals surface area contributed by atoms with Crippen molar-refractivity contribution < 1.29 is 4.52 Å². The van der Waals surface area contributed by atoms with E-state index in [9.17, 15) is 0 Å². The Kier molecular flexibility index (Phi) is 4.27. The fourth-order valence-electron chi connectivity index (χ4n) is 3.61. The van der Waals surface area contributed by atoms with E-state index in [4.69, 9.17) is 9.51 Å². The van der Waals surface area contributed by atoms with Gasteiger partial charge >= 0.3 is 0 Å². The van der Waals surface area contributed by atoms with Crippen molar-refractivity contribution in [3.63, 3.8) is 0 Å².